The van der Waals surface area contributed by atoms with Crippen molar-refractivity contribution in [3.05, 3.63) is 64.3 Å². The third-order valence-corrected chi connectivity index (χ3v) is 4.18. The molecule has 3 aromatic rings. The van der Waals surface area contributed by atoms with Gasteiger partial charge in [0, 0.05) is 16.7 Å². The molecule has 1 aromatic heterocycles. The van der Waals surface area contributed by atoms with E-state index in [2.05, 4.69) is 10.5 Å². The molecule has 140 valence electrons. The number of rotatable bonds is 7. The van der Waals surface area contributed by atoms with E-state index in [4.69, 9.17) is 37.2 Å². The summed E-state index contributed by atoms with van der Waals surface area (Å²) in [6, 6.07) is 14.0. The highest BCUT2D eigenvalue weighted by atomic mass is 35.5. The molecule has 0 spiro atoms. The molecular formula is C19H16Cl2N2O4. The number of carbonyl (C=O) groups excluding carboxylic acids is 1. The van der Waals surface area contributed by atoms with Gasteiger partial charge in [-0.05, 0) is 42.5 Å². The van der Waals surface area contributed by atoms with Crippen LogP contribution in [0.15, 0.2) is 53.1 Å². The van der Waals surface area contributed by atoms with Crippen LogP contribution < -0.4 is 14.8 Å². The lowest BCUT2D eigenvalue weighted by Gasteiger charge is -2.08. The van der Waals surface area contributed by atoms with Crippen LogP contribution in [0.3, 0.4) is 0 Å². The van der Waals surface area contributed by atoms with Gasteiger partial charge in [-0.15, -0.1) is 0 Å². The summed E-state index contributed by atoms with van der Waals surface area (Å²) in [5.74, 6) is 1.44. The zero-order valence-corrected chi connectivity index (χ0v) is 15.9. The molecule has 8 heteroatoms. The highest BCUT2D eigenvalue weighted by molar-refractivity contribution is 6.35. The lowest BCUT2D eigenvalue weighted by Crippen LogP contribution is -2.28. The van der Waals surface area contributed by atoms with E-state index in [-0.39, 0.29) is 19.1 Å². The minimum absolute atomic E-state index is 0.176. The summed E-state index contributed by atoms with van der Waals surface area (Å²) in [7, 11) is 1.61. The molecule has 27 heavy (non-hydrogen) atoms. The van der Waals surface area contributed by atoms with E-state index in [0.29, 0.717) is 27.2 Å². The maximum atomic E-state index is 11.9. The summed E-state index contributed by atoms with van der Waals surface area (Å²) < 4.78 is 15.8. The van der Waals surface area contributed by atoms with Crippen LogP contribution in [0.2, 0.25) is 10.0 Å². The molecule has 0 saturated carbocycles. The lowest BCUT2D eigenvalue weighted by molar-refractivity contribution is -0.123. The van der Waals surface area contributed by atoms with Crippen LogP contribution >= 0.6 is 23.2 Å². The van der Waals surface area contributed by atoms with Crippen LogP contribution in [0.1, 0.15) is 5.69 Å². The molecule has 0 saturated heterocycles. The Morgan fingerprint density at radius 3 is 2.63 bits per heavy atom. The molecule has 1 heterocycles. The first-order chi connectivity index (χ1) is 13.0. The normalized spacial score (nSPS) is 10.5. The Hall–Kier alpha value is -2.70. The van der Waals surface area contributed by atoms with E-state index >= 15 is 0 Å². The first-order valence-electron chi connectivity index (χ1n) is 7.99. The van der Waals surface area contributed by atoms with Crippen molar-refractivity contribution in [2.45, 2.75) is 6.54 Å². The second-order valence-electron chi connectivity index (χ2n) is 5.55. The average molecular weight is 407 g/mol. The van der Waals surface area contributed by atoms with E-state index in [9.17, 15) is 4.79 Å². The van der Waals surface area contributed by atoms with Crippen molar-refractivity contribution < 1.29 is 18.8 Å². The Morgan fingerprint density at radius 1 is 1.15 bits per heavy atom. The number of hydrogen-bond acceptors (Lipinski definition) is 5. The van der Waals surface area contributed by atoms with Gasteiger partial charge in [0.15, 0.2) is 12.4 Å². The molecule has 0 bridgehead atoms. The SMILES string of the molecule is COc1ccc(-c2cc(CNC(=O)COc3ccc(Cl)cc3Cl)no2)cc1. The molecule has 0 aliphatic heterocycles. The number of aromatic nitrogens is 1. The summed E-state index contributed by atoms with van der Waals surface area (Å²) >= 11 is 11.8. The molecule has 2 aromatic carbocycles. The summed E-state index contributed by atoms with van der Waals surface area (Å²) in [6.45, 7) is 0.0424. The second kappa shape index (κ2) is 8.79. The minimum atomic E-state index is -0.310. The maximum Gasteiger partial charge on any atom is 0.258 e. The van der Waals surface area contributed by atoms with E-state index in [0.717, 1.165) is 11.3 Å². The Bertz CT molecular complexity index is 926. The lowest BCUT2D eigenvalue weighted by atomic mass is 10.1. The Labute approximate surface area is 166 Å². The number of methoxy groups -OCH3 is 1. The second-order valence-corrected chi connectivity index (χ2v) is 6.39. The van der Waals surface area contributed by atoms with Crippen LogP contribution in [-0.4, -0.2) is 24.8 Å². The van der Waals surface area contributed by atoms with Crippen molar-refractivity contribution in [2.24, 2.45) is 0 Å². The largest absolute Gasteiger partial charge is 0.497 e. The van der Waals surface area contributed by atoms with Crippen LogP contribution in [0, 0.1) is 0 Å². The predicted molar refractivity (Wildman–Crippen MR) is 102 cm³/mol. The molecule has 0 radical (unpaired) electrons. The van der Waals surface area contributed by atoms with E-state index in [1.807, 2.05) is 24.3 Å². The topological polar surface area (TPSA) is 73.6 Å². The fourth-order valence-corrected chi connectivity index (χ4v) is 2.73. The Morgan fingerprint density at radius 2 is 1.93 bits per heavy atom. The van der Waals surface area contributed by atoms with Gasteiger partial charge in [-0.2, -0.15) is 0 Å². The summed E-state index contributed by atoms with van der Waals surface area (Å²) in [5.41, 5.74) is 1.46. The molecule has 1 amide bonds. The monoisotopic (exact) mass is 406 g/mol. The summed E-state index contributed by atoms with van der Waals surface area (Å²) in [6.07, 6.45) is 0. The standard InChI is InChI=1S/C19H16Cl2N2O4/c1-25-15-5-2-12(3-6-15)18-9-14(23-27-18)10-22-19(24)11-26-17-7-4-13(20)8-16(17)21/h2-9H,10-11H2,1H3,(H,22,24). The van der Waals surface area contributed by atoms with Crippen molar-refractivity contribution in [3.63, 3.8) is 0 Å². The fourth-order valence-electron chi connectivity index (χ4n) is 2.26. The fraction of sp³-hybridized carbons (Fsp3) is 0.158. The van der Waals surface area contributed by atoms with Gasteiger partial charge in [0.05, 0.1) is 18.7 Å². The van der Waals surface area contributed by atoms with Crippen molar-refractivity contribution >= 4 is 29.1 Å². The third-order valence-electron chi connectivity index (χ3n) is 3.65. The van der Waals surface area contributed by atoms with Crippen LogP contribution in [-0.2, 0) is 11.3 Å². The highest BCUT2D eigenvalue weighted by Crippen LogP contribution is 2.27. The van der Waals surface area contributed by atoms with E-state index in [1.54, 1.807) is 31.4 Å². The first-order valence-corrected chi connectivity index (χ1v) is 8.75. The van der Waals surface area contributed by atoms with Crippen molar-refractivity contribution in [1.29, 1.82) is 0 Å². The number of halogens is 2. The number of hydrogen-bond donors (Lipinski definition) is 1. The van der Waals surface area contributed by atoms with Crippen molar-refractivity contribution in [3.8, 4) is 22.8 Å². The van der Waals surface area contributed by atoms with Crippen LogP contribution in [0.25, 0.3) is 11.3 Å². The Balaban J connectivity index is 1.51. The van der Waals surface area contributed by atoms with Crippen molar-refractivity contribution in [1.82, 2.24) is 10.5 Å². The average Bonchev–Trinajstić information content (AvgIpc) is 3.15. The number of ether oxygens (including phenoxy) is 2. The van der Waals surface area contributed by atoms with E-state index in [1.165, 1.54) is 0 Å². The molecule has 0 unspecified atom stereocenters. The molecule has 0 fully saturated rings. The molecule has 0 atom stereocenters. The molecular weight excluding hydrogens is 391 g/mol. The van der Waals surface area contributed by atoms with Gasteiger partial charge in [0.25, 0.3) is 5.91 Å². The van der Waals surface area contributed by atoms with Gasteiger partial charge >= 0.3 is 0 Å². The van der Waals surface area contributed by atoms with Crippen molar-refractivity contribution in [2.75, 3.05) is 13.7 Å². The van der Waals surface area contributed by atoms with Gasteiger partial charge in [0.1, 0.15) is 17.2 Å². The molecule has 6 nitrogen and oxygen atoms in total. The predicted octanol–water partition coefficient (Wildman–Crippen LogP) is 4.35. The number of carbonyl (C=O) groups is 1. The zero-order valence-electron chi connectivity index (χ0n) is 14.4. The Kier molecular flexibility index (Phi) is 6.21. The molecule has 0 aliphatic carbocycles. The minimum Gasteiger partial charge on any atom is -0.497 e. The number of nitrogens with zero attached hydrogens (tertiary/aromatic N) is 1. The van der Waals surface area contributed by atoms with Gasteiger partial charge in [0.2, 0.25) is 0 Å². The van der Waals surface area contributed by atoms with Gasteiger partial charge in [-0.25, -0.2) is 0 Å². The van der Waals surface area contributed by atoms with Gasteiger partial charge in [-0.1, -0.05) is 28.4 Å². The summed E-state index contributed by atoms with van der Waals surface area (Å²) in [4.78, 5) is 11.9. The maximum absolute atomic E-state index is 11.9. The smallest absolute Gasteiger partial charge is 0.258 e. The van der Waals surface area contributed by atoms with E-state index < -0.39 is 0 Å². The molecule has 0 aliphatic rings. The molecule has 3 rings (SSSR count). The summed E-state index contributed by atoms with van der Waals surface area (Å²) in [5, 5.41) is 7.50. The zero-order chi connectivity index (χ0) is 19.2. The van der Waals surface area contributed by atoms with Gasteiger partial charge in [-0.3, -0.25) is 4.79 Å². The number of nitrogens with one attached hydrogen (secondary N) is 1. The van der Waals surface area contributed by atoms with Gasteiger partial charge < -0.3 is 19.3 Å². The quantitative estimate of drug-likeness (QED) is 0.630. The third kappa shape index (κ3) is 5.15. The molecule has 1 N–H and O–H groups in total. The number of amides is 1. The van der Waals surface area contributed by atoms with Crippen LogP contribution in [0.4, 0.5) is 0 Å². The van der Waals surface area contributed by atoms with Crippen LogP contribution in [0.5, 0.6) is 11.5 Å². The number of benzene rings is 2. The highest BCUT2D eigenvalue weighted by Gasteiger charge is 2.10. The first kappa shape index (κ1) is 19.1.